The summed E-state index contributed by atoms with van der Waals surface area (Å²) >= 11 is 0. The van der Waals surface area contributed by atoms with Crippen LogP contribution < -0.4 is 5.73 Å². The van der Waals surface area contributed by atoms with Gasteiger partial charge < -0.3 is 5.73 Å². The first kappa shape index (κ1) is 5.24. The number of aromatic amines is 1. The molecule has 1 heterocycles. The molecule has 0 saturated carbocycles. The number of halogens is 1. The molecule has 0 saturated heterocycles. The SMILES string of the molecule is NCc1[nH]ncc1F. The van der Waals surface area contributed by atoms with Crippen LogP contribution in [0.2, 0.25) is 0 Å². The third-order valence-electron chi connectivity index (χ3n) is 0.870. The lowest BCUT2D eigenvalue weighted by molar-refractivity contribution is 0.610. The Hall–Kier alpha value is -0.900. The molecule has 0 spiro atoms. The summed E-state index contributed by atoms with van der Waals surface area (Å²) in [7, 11) is 0. The molecule has 44 valence electrons. The second-order valence-electron chi connectivity index (χ2n) is 1.40. The van der Waals surface area contributed by atoms with Crippen LogP contribution in [0.5, 0.6) is 0 Å². The van der Waals surface area contributed by atoms with Crippen LogP contribution in [0.3, 0.4) is 0 Å². The summed E-state index contributed by atoms with van der Waals surface area (Å²) in [5.41, 5.74) is 5.44. The van der Waals surface area contributed by atoms with E-state index in [1.54, 1.807) is 0 Å². The fraction of sp³-hybridized carbons (Fsp3) is 0.250. The molecule has 4 heteroatoms. The van der Waals surface area contributed by atoms with Crippen molar-refractivity contribution in [1.82, 2.24) is 10.2 Å². The van der Waals surface area contributed by atoms with Crippen LogP contribution in [0, 0.1) is 5.82 Å². The summed E-state index contributed by atoms with van der Waals surface area (Å²) in [5.74, 6) is -0.368. The third kappa shape index (κ3) is 0.696. The highest BCUT2D eigenvalue weighted by Crippen LogP contribution is 1.97. The van der Waals surface area contributed by atoms with E-state index in [0.29, 0.717) is 5.69 Å². The van der Waals surface area contributed by atoms with Crippen LogP contribution in [0.1, 0.15) is 5.69 Å². The predicted octanol–water partition coefficient (Wildman–Crippen LogP) is 0.00750. The molecule has 0 aromatic carbocycles. The third-order valence-corrected chi connectivity index (χ3v) is 0.870. The highest BCUT2D eigenvalue weighted by atomic mass is 19.1. The van der Waals surface area contributed by atoms with E-state index in [2.05, 4.69) is 10.2 Å². The van der Waals surface area contributed by atoms with E-state index < -0.39 is 0 Å². The van der Waals surface area contributed by atoms with Crippen molar-refractivity contribution in [1.29, 1.82) is 0 Å². The fourth-order valence-corrected chi connectivity index (χ4v) is 0.441. The van der Waals surface area contributed by atoms with Crippen molar-refractivity contribution < 1.29 is 4.39 Å². The van der Waals surface area contributed by atoms with Crippen LogP contribution in [0.15, 0.2) is 6.20 Å². The first-order chi connectivity index (χ1) is 3.84. The largest absolute Gasteiger partial charge is 0.325 e. The van der Waals surface area contributed by atoms with Gasteiger partial charge in [0.25, 0.3) is 0 Å². The summed E-state index contributed by atoms with van der Waals surface area (Å²) in [6.07, 6.45) is 1.10. The number of nitrogens with one attached hydrogen (secondary N) is 1. The van der Waals surface area contributed by atoms with E-state index in [1.165, 1.54) is 0 Å². The van der Waals surface area contributed by atoms with Gasteiger partial charge in [-0.05, 0) is 0 Å². The van der Waals surface area contributed by atoms with E-state index in [4.69, 9.17) is 5.73 Å². The Labute approximate surface area is 45.7 Å². The number of hydrogen-bond donors (Lipinski definition) is 2. The highest BCUT2D eigenvalue weighted by molar-refractivity contribution is 4.99. The molecule has 3 N–H and O–H groups in total. The molecule has 0 aliphatic heterocycles. The molecule has 0 atom stereocenters. The highest BCUT2D eigenvalue weighted by Gasteiger charge is 1.97. The Bertz CT molecular complexity index is 172. The Balaban J connectivity index is 2.92. The molecule has 3 nitrogen and oxygen atoms in total. The lowest BCUT2D eigenvalue weighted by atomic mass is 10.4. The number of hydrogen-bond acceptors (Lipinski definition) is 2. The van der Waals surface area contributed by atoms with Crippen molar-refractivity contribution >= 4 is 0 Å². The monoisotopic (exact) mass is 115 g/mol. The number of aromatic nitrogens is 2. The van der Waals surface area contributed by atoms with Gasteiger partial charge in [0.15, 0.2) is 5.82 Å². The molecule has 1 aromatic rings. The van der Waals surface area contributed by atoms with Crippen molar-refractivity contribution in [3.05, 3.63) is 17.7 Å². The van der Waals surface area contributed by atoms with E-state index in [9.17, 15) is 4.39 Å². The van der Waals surface area contributed by atoms with Crippen LogP contribution in [0.25, 0.3) is 0 Å². The first-order valence-corrected chi connectivity index (χ1v) is 2.22. The fourth-order valence-electron chi connectivity index (χ4n) is 0.441. The van der Waals surface area contributed by atoms with Gasteiger partial charge in [0.05, 0.1) is 11.9 Å². The molecule has 0 unspecified atom stereocenters. The van der Waals surface area contributed by atoms with Crippen molar-refractivity contribution in [2.24, 2.45) is 5.73 Å². The lowest BCUT2D eigenvalue weighted by Gasteiger charge is -1.84. The van der Waals surface area contributed by atoms with Gasteiger partial charge in [0.2, 0.25) is 0 Å². The van der Waals surface area contributed by atoms with Crippen LogP contribution in [0.4, 0.5) is 4.39 Å². The van der Waals surface area contributed by atoms with E-state index in [1.807, 2.05) is 0 Å². The molecule has 0 radical (unpaired) electrons. The minimum absolute atomic E-state index is 0.172. The van der Waals surface area contributed by atoms with Gasteiger partial charge in [-0.3, -0.25) is 5.10 Å². The molecule has 0 aliphatic carbocycles. The maximum absolute atomic E-state index is 12.2. The Morgan fingerprint density at radius 3 is 2.88 bits per heavy atom. The van der Waals surface area contributed by atoms with E-state index >= 15 is 0 Å². The standard InChI is InChI=1S/C4H6FN3/c5-3-2-7-8-4(3)1-6/h2H,1,6H2,(H,7,8). The Morgan fingerprint density at radius 2 is 2.62 bits per heavy atom. The number of H-pyrrole nitrogens is 1. The van der Waals surface area contributed by atoms with Gasteiger partial charge in [-0.25, -0.2) is 4.39 Å². The first-order valence-electron chi connectivity index (χ1n) is 2.22. The Kier molecular flexibility index (Phi) is 1.26. The van der Waals surface area contributed by atoms with Crippen molar-refractivity contribution in [2.45, 2.75) is 6.54 Å². The quantitative estimate of drug-likeness (QED) is 0.541. The van der Waals surface area contributed by atoms with Crippen molar-refractivity contribution in [2.75, 3.05) is 0 Å². The van der Waals surface area contributed by atoms with E-state index in [0.717, 1.165) is 6.20 Å². The lowest BCUT2D eigenvalue weighted by Crippen LogP contribution is -1.98. The van der Waals surface area contributed by atoms with Crippen LogP contribution in [-0.4, -0.2) is 10.2 Å². The molecule has 1 rings (SSSR count). The van der Waals surface area contributed by atoms with Crippen LogP contribution in [-0.2, 0) is 6.54 Å². The summed E-state index contributed by atoms with van der Waals surface area (Å²) in [6, 6.07) is 0. The predicted molar refractivity (Wildman–Crippen MR) is 26.4 cm³/mol. The van der Waals surface area contributed by atoms with Gasteiger partial charge in [-0.15, -0.1) is 0 Å². The summed E-state index contributed by atoms with van der Waals surface area (Å²) < 4.78 is 12.2. The molecular weight excluding hydrogens is 109 g/mol. The number of nitrogens with zero attached hydrogens (tertiary/aromatic N) is 1. The normalized spacial score (nSPS) is 9.75. The number of nitrogens with two attached hydrogens (primary N) is 1. The molecule has 0 bridgehead atoms. The van der Waals surface area contributed by atoms with Crippen molar-refractivity contribution in [3.8, 4) is 0 Å². The Morgan fingerprint density at radius 1 is 1.88 bits per heavy atom. The zero-order chi connectivity index (χ0) is 5.98. The molecule has 0 aliphatic rings. The summed E-state index contributed by atoms with van der Waals surface area (Å²) in [5, 5.41) is 5.82. The summed E-state index contributed by atoms with van der Waals surface area (Å²) in [6.45, 7) is 0.172. The topological polar surface area (TPSA) is 54.7 Å². The van der Waals surface area contributed by atoms with Crippen molar-refractivity contribution in [3.63, 3.8) is 0 Å². The molecule has 0 fully saturated rings. The second-order valence-corrected chi connectivity index (χ2v) is 1.40. The smallest absolute Gasteiger partial charge is 0.165 e. The molecule has 8 heavy (non-hydrogen) atoms. The molecule has 0 amide bonds. The zero-order valence-electron chi connectivity index (χ0n) is 4.19. The second kappa shape index (κ2) is 1.92. The average Bonchev–Trinajstić information content (AvgIpc) is 2.14. The van der Waals surface area contributed by atoms with Gasteiger partial charge in [0, 0.05) is 6.54 Å². The van der Waals surface area contributed by atoms with Crippen LogP contribution >= 0.6 is 0 Å². The maximum Gasteiger partial charge on any atom is 0.165 e. The van der Waals surface area contributed by atoms with Gasteiger partial charge >= 0.3 is 0 Å². The van der Waals surface area contributed by atoms with Gasteiger partial charge in [-0.2, -0.15) is 5.10 Å². The van der Waals surface area contributed by atoms with Gasteiger partial charge in [0.1, 0.15) is 0 Å². The average molecular weight is 115 g/mol. The van der Waals surface area contributed by atoms with Gasteiger partial charge in [-0.1, -0.05) is 0 Å². The minimum atomic E-state index is -0.368. The van der Waals surface area contributed by atoms with E-state index in [-0.39, 0.29) is 12.4 Å². The zero-order valence-corrected chi connectivity index (χ0v) is 4.19. The minimum Gasteiger partial charge on any atom is -0.325 e. The molecular formula is C4H6FN3. The molecule has 1 aromatic heterocycles. The summed E-state index contributed by atoms with van der Waals surface area (Å²) in [4.78, 5) is 0. The number of rotatable bonds is 1. The maximum atomic E-state index is 12.2.